The topological polar surface area (TPSA) is 57.8 Å². The molecule has 1 N–H and O–H groups in total. The molecule has 19 heavy (non-hydrogen) atoms. The molecule has 1 aliphatic heterocycles. The number of nitrogens with zero attached hydrogens (tertiary/aromatic N) is 3. The Kier molecular flexibility index (Phi) is 3.21. The van der Waals surface area contributed by atoms with Crippen molar-refractivity contribution in [2.45, 2.75) is 31.8 Å². The third-order valence-electron chi connectivity index (χ3n) is 3.68. The first-order chi connectivity index (χ1) is 9.24. The Bertz CT molecular complexity index is 560. The maximum atomic E-state index is 11.3. The number of fused-ring (bicyclic) bond motifs is 1. The molecular formula is C14H17N3O2. The molecule has 0 amide bonds. The number of aromatic nitrogens is 2. The first kappa shape index (κ1) is 12.2. The van der Waals surface area contributed by atoms with Crippen LogP contribution in [0.25, 0.3) is 5.65 Å². The molecule has 0 spiro atoms. The van der Waals surface area contributed by atoms with E-state index in [1.807, 2.05) is 39.9 Å². The molecule has 1 fully saturated rings. The van der Waals surface area contributed by atoms with Gasteiger partial charge < -0.3 is 9.51 Å². The second kappa shape index (κ2) is 5.01. The van der Waals surface area contributed by atoms with Crippen LogP contribution in [-0.4, -0.2) is 37.9 Å². The summed E-state index contributed by atoms with van der Waals surface area (Å²) >= 11 is 0. The Morgan fingerprint density at radius 2 is 2.32 bits per heavy atom. The molecule has 0 radical (unpaired) electrons. The van der Waals surface area contributed by atoms with E-state index in [1.54, 1.807) is 0 Å². The Balaban J connectivity index is 1.80. The highest BCUT2D eigenvalue weighted by atomic mass is 16.4. The molecule has 0 aliphatic carbocycles. The highest BCUT2D eigenvalue weighted by molar-refractivity contribution is 5.73. The second-order valence-electron chi connectivity index (χ2n) is 5.02. The lowest BCUT2D eigenvalue weighted by Crippen LogP contribution is -2.44. The first-order valence-electron chi connectivity index (χ1n) is 6.63. The van der Waals surface area contributed by atoms with Crippen molar-refractivity contribution in [2.75, 3.05) is 6.54 Å². The van der Waals surface area contributed by atoms with Gasteiger partial charge in [-0.05, 0) is 31.5 Å². The Hall–Kier alpha value is -1.88. The van der Waals surface area contributed by atoms with E-state index in [2.05, 4.69) is 4.98 Å². The zero-order valence-corrected chi connectivity index (χ0v) is 10.7. The van der Waals surface area contributed by atoms with E-state index in [0.29, 0.717) is 6.54 Å². The van der Waals surface area contributed by atoms with Gasteiger partial charge in [0.15, 0.2) is 0 Å². The minimum absolute atomic E-state index is 0.362. The highest BCUT2D eigenvalue weighted by Crippen LogP contribution is 2.19. The maximum absolute atomic E-state index is 11.3. The smallest absolute Gasteiger partial charge is 0.320 e. The number of piperidine rings is 1. The van der Waals surface area contributed by atoms with Crippen LogP contribution in [0, 0.1) is 0 Å². The standard InChI is InChI=1S/C14H17N3O2/c18-14(19)12-5-1-3-7-16(12)9-11-10-17-8-4-2-6-13(17)15-11/h2,4,6,8,10,12H,1,3,5,7,9H2,(H,18,19). The van der Waals surface area contributed by atoms with Crippen LogP contribution in [0.5, 0.6) is 0 Å². The molecular weight excluding hydrogens is 242 g/mol. The van der Waals surface area contributed by atoms with Crippen LogP contribution >= 0.6 is 0 Å². The molecule has 5 nitrogen and oxygen atoms in total. The van der Waals surface area contributed by atoms with Gasteiger partial charge in [0, 0.05) is 18.9 Å². The summed E-state index contributed by atoms with van der Waals surface area (Å²) in [6.45, 7) is 1.45. The van der Waals surface area contributed by atoms with Gasteiger partial charge in [-0.25, -0.2) is 4.98 Å². The average molecular weight is 259 g/mol. The number of likely N-dealkylation sites (tertiary alicyclic amines) is 1. The number of pyridine rings is 1. The summed E-state index contributed by atoms with van der Waals surface area (Å²) in [4.78, 5) is 17.8. The van der Waals surface area contributed by atoms with Gasteiger partial charge in [-0.2, -0.15) is 0 Å². The van der Waals surface area contributed by atoms with E-state index in [4.69, 9.17) is 0 Å². The van der Waals surface area contributed by atoms with Gasteiger partial charge in [0.2, 0.25) is 0 Å². The van der Waals surface area contributed by atoms with Crippen molar-refractivity contribution in [3.8, 4) is 0 Å². The van der Waals surface area contributed by atoms with Crippen LogP contribution < -0.4 is 0 Å². The lowest BCUT2D eigenvalue weighted by molar-refractivity contribution is -0.144. The number of rotatable bonds is 3. The van der Waals surface area contributed by atoms with Gasteiger partial charge in [-0.3, -0.25) is 9.69 Å². The molecule has 2 aromatic heterocycles. The lowest BCUT2D eigenvalue weighted by Gasteiger charge is -2.32. The van der Waals surface area contributed by atoms with Crippen LogP contribution in [0.2, 0.25) is 0 Å². The molecule has 2 aromatic rings. The van der Waals surface area contributed by atoms with Gasteiger partial charge in [-0.15, -0.1) is 0 Å². The summed E-state index contributed by atoms with van der Waals surface area (Å²) in [7, 11) is 0. The third kappa shape index (κ3) is 2.46. The van der Waals surface area contributed by atoms with Crippen LogP contribution in [-0.2, 0) is 11.3 Å². The number of carboxylic acids is 1. The van der Waals surface area contributed by atoms with Crippen molar-refractivity contribution in [1.29, 1.82) is 0 Å². The van der Waals surface area contributed by atoms with Gasteiger partial charge in [0.05, 0.1) is 5.69 Å². The van der Waals surface area contributed by atoms with Gasteiger partial charge in [-0.1, -0.05) is 12.5 Å². The van der Waals surface area contributed by atoms with Gasteiger partial charge in [0.1, 0.15) is 11.7 Å². The monoisotopic (exact) mass is 259 g/mol. The Labute approximate surface area is 111 Å². The van der Waals surface area contributed by atoms with E-state index >= 15 is 0 Å². The number of carbonyl (C=O) groups is 1. The molecule has 5 heteroatoms. The predicted molar refractivity (Wildman–Crippen MR) is 70.9 cm³/mol. The van der Waals surface area contributed by atoms with E-state index in [0.717, 1.165) is 37.1 Å². The van der Waals surface area contributed by atoms with E-state index in [9.17, 15) is 9.90 Å². The largest absolute Gasteiger partial charge is 0.480 e. The van der Waals surface area contributed by atoms with E-state index in [1.165, 1.54) is 0 Å². The lowest BCUT2D eigenvalue weighted by atomic mass is 10.0. The van der Waals surface area contributed by atoms with Gasteiger partial charge >= 0.3 is 5.97 Å². The summed E-state index contributed by atoms with van der Waals surface area (Å²) < 4.78 is 1.97. The van der Waals surface area contributed by atoms with E-state index in [-0.39, 0.29) is 6.04 Å². The Morgan fingerprint density at radius 1 is 1.42 bits per heavy atom. The molecule has 1 atom stereocenters. The summed E-state index contributed by atoms with van der Waals surface area (Å²) in [5, 5.41) is 9.26. The molecule has 100 valence electrons. The van der Waals surface area contributed by atoms with Crippen molar-refractivity contribution in [3.63, 3.8) is 0 Å². The van der Waals surface area contributed by atoms with Crippen LogP contribution in [0.1, 0.15) is 25.0 Å². The zero-order chi connectivity index (χ0) is 13.2. The fraction of sp³-hybridized carbons (Fsp3) is 0.429. The predicted octanol–water partition coefficient (Wildman–Crippen LogP) is 1.77. The maximum Gasteiger partial charge on any atom is 0.320 e. The van der Waals surface area contributed by atoms with Crippen molar-refractivity contribution in [1.82, 2.24) is 14.3 Å². The van der Waals surface area contributed by atoms with Crippen molar-refractivity contribution in [2.24, 2.45) is 0 Å². The molecule has 3 rings (SSSR count). The molecule has 1 unspecified atom stereocenters. The second-order valence-corrected chi connectivity index (χ2v) is 5.02. The van der Waals surface area contributed by atoms with Crippen LogP contribution in [0.3, 0.4) is 0 Å². The summed E-state index contributed by atoms with van der Waals surface area (Å²) in [5.74, 6) is -0.719. The number of imidazole rings is 1. The normalized spacial score (nSPS) is 20.7. The summed E-state index contributed by atoms with van der Waals surface area (Å²) in [6, 6.07) is 5.50. The highest BCUT2D eigenvalue weighted by Gasteiger charge is 2.28. The minimum atomic E-state index is -0.719. The molecule has 3 heterocycles. The number of carboxylic acid groups (broad SMARTS) is 1. The van der Waals surface area contributed by atoms with Crippen LogP contribution in [0.4, 0.5) is 0 Å². The number of hydrogen-bond donors (Lipinski definition) is 1. The fourth-order valence-electron chi connectivity index (χ4n) is 2.73. The SMILES string of the molecule is O=C(O)C1CCCCN1Cc1cn2ccccc2n1. The molecule has 0 aromatic carbocycles. The molecule has 1 aliphatic rings. The summed E-state index contributed by atoms with van der Waals surface area (Å²) in [5.41, 5.74) is 1.83. The summed E-state index contributed by atoms with van der Waals surface area (Å²) in [6.07, 6.45) is 6.73. The Morgan fingerprint density at radius 3 is 3.11 bits per heavy atom. The van der Waals surface area contributed by atoms with Crippen molar-refractivity contribution < 1.29 is 9.90 Å². The van der Waals surface area contributed by atoms with E-state index < -0.39 is 5.97 Å². The van der Waals surface area contributed by atoms with Crippen LogP contribution in [0.15, 0.2) is 30.6 Å². The minimum Gasteiger partial charge on any atom is -0.480 e. The first-order valence-corrected chi connectivity index (χ1v) is 6.63. The quantitative estimate of drug-likeness (QED) is 0.912. The molecule has 0 saturated carbocycles. The zero-order valence-electron chi connectivity index (χ0n) is 10.7. The fourth-order valence-corrected chi connectivity index (χ4v) is 2.73. The van der Waals surface area contributed by atoms with Crippen molar-refractivity contribution >= 4 is 11.6 Å². The number of aliphatic carboxylic acids is 1. The average Bonchev–Trinajstić information content (AvgIpc) is 2.81. The van der Waals surface area contributed by atoms with Gasteiger partial charge in [0.25, 0.3) is 0 Å². The molecule has 1 saturated heterocycles. The number of hydrogen-bond acceptors (Lipinski definition) is 3. The molecule has 0 bridgehead atoms. The third-order valence-corrected chi connectivity index (χ3v) is 3.68. The van der Waals surface area contributed by atoms with Crippen molar-refractivity contribution in [3.05, 3.63) is 36.3 Å².